The summed E-state index contributed by atoms with van der Waals surface area (Å²) >= 11 is 0. The maximum atomic E-state index is 12.5. The number of fused-ring (bicyclic) bond motifs is 2. The third-order valence-electron chi connectivity index (χ3n) is 4.32. The summed E-state index contributed by atoms with van der Waals surface area (Å²) in [5, 5.41) is 0.684. The van der Waals surface area contributed by atoms with E-state index in [9.17, 15) is 19.2 Å². The van der Waals surface area contributed by atoms with Crippen LogP contribution in [-0.4, -0.2) is 29.2 Å². The summed E-state index contributed by atoms with van der Waals surface area (Å²) in [6.07, 6.45) is 1.45. The topological polar surface area (TPSA) is 93.9 Å². The van der Waals surface area contributed by atoms with Gasteiger partial charge in [0.1, 0.15) is 11.3 Å². The van der Waals surface area contributed by atoms with E-state index < -0.39 is 23.4 Å². The van der Waals surface area contributed by atoms with Gasteiger partial charge in [-0.05, 0) is 36.4 Å². The molecule has 0 unspecified atom stereocenters. The minimum absolute atomic E-state index is 0.0917. The normalized spacial score (nSPS) is 12.9. The maximum Gasteiger partial charge on any atom is 0.343 e. The zero-order chi connectivity index (χ0) is 19.8. The molecule has 28 heavy (non-hydrogen) atoms. The fraction of sp³-hybridized carbons (Fsp3) is 0.0476. The number of rotatable bonds is 4. The molecular weight excluding hydrogens is 362 g/mol. The second-order valence-electron chi connectivity index (χ2n) is 6.11. The van der Waals surface area contributed by atoms with Crippen molar-refractivity contribution in [3.63, 3.8) is 0 Å². The molecule has 0 N–H and O–H groups in total. The molecule has 2 amide bonds. The van der Waals surface area contributed by atoms with Crippen molar-refractivity contribution in [1.29, 1.82) is 0 Å². The second kappa shape index (κ2) is 6.62. The number of hydrogen-bond acceptors (Lipinski definition) is 6. The lowest BCUT2D eigenvalue weighted by molar-refractivity contribution is 0.0671. The van der Waals surface area contributed by atoms with Gasteiger partial charge in [-0.15, -0.1) is 6.58 Å². The van der Waals surface area contributed by atoms with Crippen molar-refractivity contribution in [3.05, 3.63) is 88.3 Å². The monoisotopic (exact) mass is 375 g/mol. The lowest BCUT2D eigenvalue weighted by Crippen LogP contribution is -2.29. The summed E-state index contributed by atoms with van der Waals surface area (Å²) < 4.78 is 10.4. The summed E-state index contributed by atoms with van der Waals surface area (Å²) in [4.78, 5) is 49.5. The van der Waals surface area contributed by atoms with Crippen molar-refractivity contribution in [1.82, 2.24) is 4.90 Å². The molecule has 0 aliphatic carbocycles. The fourth-order valence-electron chi connectivity index (χ4n) is 2.98. The van der Waals surface area contributed by atoms with E-state index in [1.165, 1.54) is 36.4 Å². The quantitative estimate of drug-likeness (QED) is 0.229. The molecule has 0 spiro atoms. The smallest absolute Gasteiger partial charge is 0.343 e. The van der Waals surface area contributed by atoms with Crippen LogP contribution in [0, 0.1) is 0 Å². The first-order valence-electron chi connectivity index (χ1n) is 8.35. The Morgan fingerprint density at radius 3 is 2.54 bits per heavy atom. The van der Waals surface area contributed by atoms with Gasteiger partial charge in [-0.25, -0.2) is 9.59 Å². The number of carbonyl (C=O) groups excluding carboxylic acids is 3. The highest BCUT2D eigenvalue weighted by molar-refractivity contribution is 6.22. The van der Waals surface area contributed by atoms with E-state index >= 15 is 0 Å². The first-order valence-corrected chi connectivity index (χ1v) is 8.35. The molecule has 2 heterocycles. The number of imide groups is 1. The van der Waals surface area contributed by atoms with Crippen molar-refractivity contribution in [2.75, 3.05) is 6.54 Å². The Kier molecular flexibility index (Phi) is 4.12. The van der Waals surface area contributed by atoms with Gasteiger partial charge in [0.25, 0.3) is 11.8 Å². The molecule has 0 atom stereocenters. The molecule has 3 aromatic rings. The van der Waals surface area contributed by atoms with Crippen LogP contribution >= 0.6 is 0 Å². The summed E-state index contributed by atoms with van der Waals surface area (Å²) in [5.74, 6) is -1.43. The van der Waals surface area contributed by atoms with Crippen molar-refractivity contribution in [3.8, 4) is 5.75 Å². The van der Waals surface area contributed by atoms with E-state index in [4.69, 9.17) is 9.15 Å². The molecule has 7 nitrogen and oxygen atoms in total. The first kappa shape index (κ1) is 17.4. The van der Waals surface area contributed by atoms with E-state index in [0.29, 0.717) is 5.39 Å². The molecule has 0 saturated carbocycles. The van der Waals surface area contributed by atoms with Crippen LogP contribution in [0.1, 0.15) is 31.1 Å². The number of benzene rings is 2. The first-order chi connectivity index (χ1) is 13.5. The predicted molar refractivity (Wildman–Crippen MR) is 99.4 cm³/mol. The van der Waals surface area contributed by atoms with E-state index in [-0.39, 0.29) is 34.6 Å². The number of nitrogens with zero attached hydrogens (tertiary/aromatic N) is 1. The molecule has 138 valence electrons. The third-order valence-corrected chi connectivity index (χ3v) is 4.32. The van der Waals surface area contributed by atoms with E-state index in [1.54, 1.807) is 18.2 Å². The van der Waals surface area contributed by atoms with Gasteiger partial charge < -0.3 is 9.15 Å². The predicted octanol–water partition coefficient (Wildman–Crippen LogP) is 2.79. The van der Waals surface area contributed by atoms with Crippen molar-refractivity contribution < 1.29 is 23.5 Å². The van der Waals surface area contributed by atoms with Gasteiger partial charge in [-0.2, -0.15) is 0 Å². The van der Waals surface area contributed by atoms with Crippen LogP contribution < -0.4 is 10.4 Å². The molecule has 2 aromatic carbocycles. The Labute approximate surface area is 158 Å². The Balaban J connectivity index is 1.62. The van der Waals surface area contributed by atoms with Crippen LogP contribution in [0.3, 0.4) is 0 Å². The van der Waals surface area contributed by atoms with Gasteiger partial charge in [0.15, 0.2) is 0 Å². The fourth-order valence-corrected chi connectivity index (χ4v) is 2.98. The Hall–Kier alpha value is -4.00. The number of esters is 1. The molecule has 0 radical (unpaired) electrons. The molecule has 1 aliphatic heterocycles. The molecule has 1 aliphatic rings. The number of ether oxygens (including phenoxy) is 1. The molecule has 0 fully saturated rings. The highest BCUT2D eigenvalue weighted by Gasteiger charge is 2.35. The van der Waals surface area contributed by atoms with Crippen molar-refractivity contribution in [2.24, 2.45) is 0 Å². The number of carbonyl (C=O) groups is 3. The molecule has 0 bridgehead atoms. The van der Waals surface area contributed by atoms with Crippen LogP contribution in [0.15, 0.2) is 70.4 Å². The van der Waals surface area contributed by atoms with Crippen molar-refractivity contribution >= 4 is 28.8 Å². The van der Waals surface area contributed by atoms with Crippen LogP contribution in [-0.2, 0) is 0 Å². The molecule has 0 saturated heterocycles. The molecule has 7 heteroatoms. The Morgan fingerprint density at radius 2 is 1.75 bits per heavy atom. The number of amides is 2. The van der Waals surface area contributed by atoms with Gasteiger partial charge in [0.2, 0.25) is 0 Å². The SMILES string of the molecule is C=CCN1C(=O)c2ccc(C(=O)Oc3ccc4ccc(=O)oc4c3)cc2C1=O. The largest absolute Gasteiger partial charge is 0.423 e. The lowest BCUT2D eigenvalue weighted by atomic mass is 10.1. The van der Waals surface area contributed by atoms with Crippen LogP contribution in [0.5, 0.6) is 5.75 Å². The summed E-state index contributed by atoms with van der Waals surface area (Å²) in [6, 6.07) is 11.7. The molecule has 4 rings (SSSR count). The van der Waals surface area contributed by atoms with Gasteiger partial charge in [-0.1, -0.05) is 6.08 Å². The van der Waals surface area contributed by atoms with Crippen molar-refractivity contribution in [2.45, 2.75) is 0 Å². The van der Waals surface area contributed by atoms with E-state index in [0.717, 1.165) is 4.90 Å². The molecular formula is C21H13NO6. The van der Waals surface area contributed by atoms with E-state index in [2.05, 4.69) is 6.58 Å². The van der Waals surface area contributed by atoms with Crippen LogP contribution in [0.2, 0.25) is 0 Å². The minimum Gasteiger partial charge on any atom is -0.423 e. The zero-order valence-corrected chi connectivity index (χ0v) is 14.5. The van der Waals surface area contributed by atoms with Crippen LogP contribution in [0.4, 0.5) is 0 Å². The van der Waals surface area contributed by atoms with Gasteiger partial charge in [-0.3, -0.25) is 14.5 Å². The second-order valence-corrected chi connectivity index (χ2v) is 6.11. The molecule has 1 aromatic heterocycles. The highest BCUT2D eigenvalue weighted by Crippen LogP contribution is 2.25. The Morgan fingerprint density at radius 1 is 1.00 bits per heavy atom. The minimum atomic E-state index is -0.706. The van der Waals surface area contributed by atoms with Gasteiger partial charge >= 0.3 is 11.6 Å². The average Bonchev–Trinajstić information content (AvgIpc) is 2.92. The third kappa shape index (κ3) is 2.88. The maximum absolute atomic E-state index is 12.5. The van der Waals surface area contributed by atoms with Gasteiger partial charge in [0, 0.05) is 24.1 Å². The summed E-state index contributed by atoms with van der Waals surface area (Å²) in [6.45, 7) is 3.62. The van der Waals surface area contributed by atoms with Gasteiger partial charge in [0.05, 0.1) is 16.7 Å². The number of hydrogen-bond donors (Lipinski definition) is 0. The standard InChI is InChI=1S/C21H13NO6/c1-2-9-22-19(24)15-7-4-13(10-16(15)20(22)25)21(26)27-14-6-3-12-5-8-18(23)28-17(12)11-14/h2-8,10-11H,1,9H2. The summed E-state index contributed by atoms with van der Waals surface area (Å²) in [5.41, 5.74) is 0.270. The highest BCUT2D eigenvalue weighted by atomic mass is 16.5. The zero-order valence-electron chi connectivity index (χ0n) is 14.5. The lowest BCUT2D eigenvalue weighted by Gasteiger charge is -2.09. The van der Waals surface area contributed by atoms with E-state index in [1.807, 2.05) is 0 Å². The average molecular weight is 375 g/mol. The van der Waals surface area contributed by atoms with Crippen LogP contribution in [0.25, 0.3) is 11.0 Å². The Bertz CT molecular complexity index is 1220. The summed E-state index contributed by atoms with van der Waals surface area (Å²) in [7, 11) is 0.